The van der Waals surface area contributed by atoms with Crippen LogP contribution in [0.3, 0.4) is 0 Å². The molecule has 214 valence electrons. The van der Waals surface area contributed by atoms with Crippen LogP contribution in [0.25, 0.3) is 0 Å². The topological polar surface area (TPSA) is 86.8 Å². The van der Waals surface area contributed by atoms with Crippen LogP contribution < -0.4 is 9.62 Å². The molecule has 1 N–H and O–H groups in total. The molecule has 2 amide bonds. The van der Waals surface area contributed by atoms with Crippen molar-refractivity contribution in [3.8, 4) is 0 Å². The van der Waals surface area contributed by atoms with Crippen molar-refractivity contribution in [3.05, 3.63) is 94.5 Å². The summed E-state index contributed by atoms with van der Waals surface area (Å²) in [6, 6.07) is 19.6. The number of anilines is 1. The van der Waals surface area contributed by atoms with Crippen molar-refractivity contribution >= 4 is 39.1 Å². The van der Waals surface area contributed by atoms with Gasteiger partial charge in [0.05, 0.1) is 10.6 Å². The summed E-state index contributed by atoms with van der Waals surface area (Å²) in [6.07, 6.45) is 1.10. The molecule has 7 nitrogen and oxygen atoms in total. The maximum absolute atomic E-state index is 14.1. The second-order valence-corrected chi connectivity index (χ2v) is 12.3. The van der Waals surface area contributed by atoms with Crippen LogP contribution in [0.15, 0.2) is 77.7 Å². The van der Waals surface area contributed by atoms with E-state index in [4.69, 9.17) is 11.6 Å². The first-order valence-corrected chi connectivity index (χ1v) is 15.3. The van der Waals surface area contributed by atoms with E-state index in [0.29, 0.717) is 17.1 Å². The van der Waals surface area contributed by atoms with Crippen LogP contribution in [-0.2, 0) is 26.2 Å². The van der Waals surface area contributed by atoms with Crippen molar-refractivity contribution in [2.75, 3.05) is 10.8 Å². The van der Waals surface area contributed by atoms with Crippen LogP contribution in [0, 0.1) is 13.8 Å². The molecule has 0 aliphatic carbocycles. The van der Waals surface area contributed by atoms with E-state index in [1.807, 2.05) is 46.8 Å². The minimum Gasteiger partial charge on any atom is -0.352 e. The third-order valence-corrected chi connectivity index (χ3v) is 8.91. The maximum Gasteiger partial charge on any atom is 0.264 e. The molecule has 3 aromatic carbocycles. The van der Waals surface area contributed by atoms with E-state index in [2.05, 4.69) is 5.32 Å². The zero-order valence-electron chi connectivity index (χ0n) is 23.7. The molecule has 0 heterocycles. The highest BCUT2D eigenvalue weighted by molar-refractivity contribution is 7.92. The molecule has 0 unspecified atom stereocenters. The van der Waals surface area contributed by atoms with Gasteiger partial charge in [0.1, 0.15) is 12.6 Å². The van der Waals surface area contributed by atoms with Crippen molar-refractivity contribution in [1.82, 2.24) is 10.2 Å². The maximum atomic E-state index is 14.1. The zero-order valence-corrected chi connectivity index (χ0v) is 25.3. The van der Waals surface area contributed by atoms with E-state index in [0.717, 1.165) is 27.4 Å². The van der Waals surface area contributed by atoms with Gasteiger partial charge in [-0.15, -0.1) is 0 Å². The lowest BCUT2D eigenvalue weighted by Crippen LogP contribution is -2.53. The van der Waals surface area contributed by atoms with Gasteiger partial charge in [-0.2, -0.15) is 0 Å². The first kappa shape index (κ1) is 31.2. The van der Waals surface area contributed by atoms with Crippen LogP contribution in [0.2, 0.25) is 5.02 Å². The Morgan fingerprint density at radius 2 is 1.57 bits per heavy atom. The van der Waals surface area contributed by atoms with Crippen molar-refractivity contribution in [2.45, 2.75) is 71.0 Å². The van der Waals surface area contributed by atoms with Gasteiger partial charge in [-0.25, -0.2) is 8.42 Å². The second-order valence-electron chi connectivity index (χ2n) is 10.0. The van der Waals surface area contributed by atoms with Gasteiger partial charge in [-0.05, 0) is 75.1 Å². The first-order chi connectivity index (χ1) is 19.0. The minimum atomic E-state index is -4.10. The van der Waals surface area contributed by atoms with E-state index in [9.17, 15) is 18.0 Å². The smallest absolute Gasteiger partial charge is 0.264 e. The number of hydrogen-bond acceptors (Lipinski definition) is 4. The summed E-state index contributed by atoms with van der Waals surface area (Å²) in [5.41, 5.74) is 2.88. The summed E-state index contributed by atoms with van der Waals surface area (Å²) < 4.78 is 29.0. The lowest BCUT2D eigenvalue weighted by atomic mass is 10.1. The number of benzene rings is 3. The lowest BCUT2D eigenvalue weighted by Gasteiger charge is -2.34. The molecule has 0 fully saturated rings. The molecule has 9 heteroatoms. The fourth-order valence-electron chi connectivity index (χ4n) is 4.47. The zero-order chi connectivity index (χ0) is 29.4. The van der Waals surface area contributed by atoms with Crippen molar-refractivity contribution in [2.24, 2.45) is 0 Å². The summed E-state index contributed by atoms with van der Waals surface area (Å²) in [5.74, 6) is -0.760. The van der Waals surface area contributed by atoms with E-state index in [1.54, 1.807) is 48.5 Å². The molecule has 3 rings (SSSR count). The Morgan fingerprint density at radius 3 is 2.15 bits per heavy atom. The molecule has 0 bridgehead atoms. The second kappa shape index (κ2) is 13.8. The number of aryl methyl sites for hydroxylation is 2. The quantitative estimate of drug-likeness (QED) is 0.289. The fraction of sp³-hybridized carbons (Fsp3) is 0.355. The number of nitrogens with zero attached hydrogens (tertiary/aromatic N) is 2. The molecule has 0 aromatic heterocycles. The van der Waals surface area contributed by atoms with Crippen LogP contribution in [0.1, 0.15) is 50.3 Å². The number of carbonyl (C=O) groups is 2. The Bertz CT molecular complexity index is 1410. The molecule has 3 aromatic rings. The highest BCUT2D eigenvalue weighted by atomic mass is 35.5. The van der Waals surface area contributed by atoms with Crippen molar-refractivity contribution in [3.63, 3.8) is 0 Å². The molecule has 0 radical (unpaired) electrons. The standard InChI is InChI=1S/C31H38ClN3O4S/c1-6-24(5)33-31(37)28(7-2)34(20-25-14-16-26(32)17-15-25)30(36)21-35(29-18-13-22(3)19-23(29)4)40(38,39)27-11-9-8-10-12-27/h8-19,24,28H,6-7,20-21H2,1-5H3,(H,33,37)/t24-,28+/m1/s1. The van der Waals surface area contributed by atoms with E-state index >= 15 is 0 Å². The van der Waals surface area contributed by atoms with Crippen molar-refractivity contribution < 1.29 is 18.0 Å². The Balaban J connectivity index is 2.07. The van der Waals surface area contributed by atoms with Gasteiger partial charge >= 0.3 is 0 Å². The normalized spacial score (nSPS) is 12.8. The molecule has 0 aliphatic heterocycles. The summed E-state index contributed by atoms with van der Waals surface area (Å²) in [7, 11) is -4.10. The van der Waals surface area contributed by atoms with Gasteiger partial charge in [0.25, 0.3) is 10.0 Å². The third-order valence-electron chi connectivity index (χ3n) is 6.88. The number of halogens is 1. The SMILES string of the molecule is CC[C@@H](C)NC(=O)[C@H](CC)N(Cc1ccc(Cl)cc1)C(=O)CN(c1ccc(C)cc1C)S(=O)(=O)c1ccccc1. The van der Waals surface area contributed by atoms with Gasteiger partial charge in [0, 0.05) is 17.6 Å². The van der Waals surface area contributed by atoms with E-state index in [1.165, 1.54) is 17.0 Å². The predicted molar refractivity (Wildman–Crippen MR) is 161 cm³/mol. The third kappa shape index (κ3) is 7.64. The summed E-state index contributed by atoms with van der Waals surface area (Å²) in [6.45, 7) is 9.11. The monoisotopic (exact) mass is 583 g/mol. The fourth-order valence-corrected chi connectivity index (χ4v) is 6.09. The molecule has 40 heavy (non-hydrogen) atoms. The average Bonchev–Trinajstić information content (AvgIpc) is 2.93. The number of rotatable bonds is 12. The van der Waals surface area contributed by atoms with Crippen LogP contribution in [0.4, 0.5) is 5.69 Å². The van der Waals surface area contributed by atoms with Gasteiger partial charge in [-0.3, -0.25) is 13.9 Å². The summed E-state index contributed by atoms with van der Waals surface area (Å²) in [4.78, 5) is 29.0. The molecule has 0 aliphatic rings. The van der Waals surface area contributed by atoms with Crippen LogP contribution in [-0.4, -0.2) is 43.8 Å². The Morgan fingerprint density at radius 1 is 0.925 bits per heavy atom. The Hall–Kier alpha value is -3.36. The predicted octanol–water partition coefficient (Wildman–Crippen LogP) is 5.87. The number of sulfonamides is 1. The lowest BCUT2D eigenvalue weighted by molar-refractivity contribution is -0.140. The average molecular weight is 584 g/mol. The Kier molecular flexibility index (Phi) is 10.8. The first-order valence-electron chi connectivity index (χ1n) is 13.5. The molecule has 0 saturated carbocycles. The minimum absolute atomic E-state index is 0.0702. The van der Waals surface area contributed by atoms with Gasteiger partial charge in [-0.1, -0.05) is 73.5 Å². The van der Waals surface area contributed by atoms with Gasteiger partial charge in [0.2, 0.25) is 11.8 Å². The summed E-state index contributed by atoms with van der Waals surface area (Å²) >= 11 is 6.08. The Labute approximate surface area is 243 Å². The van der Waals surface area contributed by atoms with Crippen LogP contribution in [0.5, 0.6) is 0 Å². The summed E-state index contributed by atoms with van der Waals surface area (Å²) in [5, 5.41) is 3.54. The number of amides is 2. The largest absolute Gasteiger partial charge is 0.352 e. The van der Waals surface area contributed by atoms with Gasteiger partial charge < -0.3 is 10.2 Å². The molecule has 0 spiro atoms. The molecular formula is C31H38ClN3O4S. The van der Waals surface area contributed by atoms with E-state index in [-0.39, 0.29) is 23.4 Å². The van der Waals surface area contributed by atoms with E-state index < -0.39 is 28.5 Å². The highest BCUT2D eigenvalue weighted by Gasteiger charge is 2.34. The van der Waals surface area contributed by atoms with Crippen molar-refractivity contribution in [1.29, 1.82) is 0 Å². The number of hydrogen-bond donors (Lipinski definition) is 1. The molecule has 2 atom stereocenters. The van der Waals surface area contributed by atoms with Gasteiger partial charge in [0.15, 0.2) is 0 Å². The number of nitrogens with one attached hydrogen (secondary N) is 1. The molecule has 0 saturated heterocycles. The number of carbonyl (C=O) groups excluding carboxylic acids is 2. The molecular weight excluding hydrogens is 546 g/mol. The van der Waals surface area contributed by atoms with Crippen LogP contribution >= 0.6 is 11.6 Å². The highest BCUT2D eigenvalue weighted by Crippen LogP contribution is 2.28.